The highest BCUT2D eigenvalue weighted by atomic mass is 35.5. The topological polar surface area (TPSA) is 270 Å². The van der Waals surface area contributed by atoms with Crippen LogP contribution in [0.15, 0.2) is 48.8 Å². The molecule has 19 nitrogen and oxygen atoms in total. The van der Waals surface area contributed by atoms with Gasteiger partial charge in [-0.05, 0) is 95.3 Å². The summed E-state index contributed by atoms with van der Waals surface area (Å²) in [5.74, 6) is -2.51. The molecule has 20 heteroatoms. The number of rotatable bonds is 13. The van der Waals surface area contributed by atoms with Crippen LogP contribution in [0.3, 0.4) is 0 Å². The minimum atomic E-state index is -0.962. The number of aromatic nitrogens is 2. The molecule has 78 heavy (non-hydrogen) atoms. The van der Waals surface area contributed by atoms with E-state index in [2.05, 4.69) is 53.6 Å². The lowest BCUT2D eigenvalue weighted by molar-refractivity contribution is -0.155. The van der Waals surface area contributed by atoms with E-state index < -0.39 is 65.4 Å². The number of pyridine rings is 2. The number of nitrogens with one attached hydrogen (secondary N) is 3. The number of aliphatic carboxylic acids is 1. The van der Waals surface area contributed by atoms with Crippen molar-refractivity contribution < 1.29 is 52.9 Å². The van der Waals surface area contributed by atoms with Crippen LogP contribution in [0.25, 0.3) is 0 Å². The summed E-state index contributed by atoms with van der Waals surface area (Å²) in [6.45, 7) is 21.1. The zero-order chi connectivity index (χ0) is 56.9. The van der Waals surface area contributed by atoms with Gasteiger partial charge in [0, 0.05) is 37.3 Å². The predicted octanol–water partition coefficient (Wildman–Crippen LogP) is 6.23. The average molecular weight is 1110 g/mol. The lowest BCUT2D eigenvalue weighted by Gasteiger charge is -2.38. The fourth-order valence-corrected chi connectivity index (χ4v) is 12.5. The van der Waals surface area contributed by atoms with Crippen LogP contribution < -0.4 is 21.7 Å². The van der Waals surface area contributed by atoms with E-state index in [0.29, 0.717) is 19.0 Å². The summed E-state index contributed by atoms with van der Waals surface area (Å²) in [6.07, 6.45) is 12.7. The molecule has 0 spiro atoms. The molecule has 4 heterocycles. The number of piperidine rings is 2. The van der Waals surface area contributed by atoms with Gasteiger partial charge in [-0.3, -0.25) is 33.9 Å². The Morgan fingerprint density at radius 3 is 1.37 bits per heavy atom. The molecule has 4 aliphatic carbocycles. The molecule has 432 valence electrons. The number of fused-ring (bicyclic) bond motifs is 2. The second-order valence-corrected chi connectivity index (χ2v) is 25.4. The van der Waals surface area contributed by atoms with Crippen LogP contribution >= 0.6 is 12.4 Å². The number of likely N-dealkylation sites (tertiary alicyclic amines) is 2. The van der Waals surface area contributed by atoms with Gasteiger partial charge in [-0.1, -0.05) is 120 Å². The molecule has 4 saturated carbocycles. The Balaban J connectivity index is 0.000000236. The summed E-state index contributed by atoms with van der Waals surface area (Å²) < 4.78 is 9.98. The first-order chi connectivity index (χ1) is 36.1. The number of carboxylic acids is 1. The van der Waals surface area contributed by atoms with E-state index in [9.17, 15) is 43.5 Å². The van der Waals surface area contributed by atoms with Gasteiger partial charge in [-0.25, -0.2) is 14.4 Å². The third-order valence-electron chi connectivity index (χ3n) is 17.6. The smallest absolute Gasteiger partial charge is 0.328 e. The number of ether oxygens (including phenoxy) is 2. The molecule has 0 radical (unpaired) electrons. The Morgan fingerprint density at radius 2 is 1.01 bits per heavy atom. The van der Waals surface area contributed by atoms with E-state index in [4.69, 9.17) is 15.2 Å². The first-order valence-electron chi connectivity index (χ1n) is 27.6. The fraction of sp³-hybridized carbons (Fsp3) is 0.690. The largest absolute Gasteiger partial charge is 0.480 e. The van der Waals surface area contributed by atoms with Crippen LogP contribution in [0.2, 0.25) is 0 Å². The second kappa shape index (κ2) is 25.6. The van der Waals surface area contributed by atoms with Gasteiger partial charge in [-0.15, -0.1) is 12.4 Å². The summed E-state index contributed by atoms with van der Waals surface area (Å²) in [6, 6.07) is 5.86. The number of carbonyl (C=O) groups excluding carboxylic acids is 7. The molecule has 0 bridgehead atoms. The number of methoxy groups -OCH3 is 2. The maximum absolute atomic E-state index is 14.0. The van der Waals surface area contributed by atoms with Crippen molar-refractivity contribution in [1.29, 1.82) is 0 Å². The van der Waals surface area contributed by atoms with Crippen molar-refractivity contribution in [3.05, 3.63) is 60.2 Å². The van der Waals surface area contributed by atoms with Gasteiger partial charge in [0.2, 0.25) is 17.7 Å². The molecule has 6 aliphatic rings. The third kappa shape index (κ3) is 14.2. The van der Waals surface area contributed by atoms with Crippen molar-refractivity contribution in [3.8, 4) is 0 Å². The lowest BCUT2D eigenvalue weighted by atomic mass is 9.82. The number of esters is 2. The van der Waals surface area contributed by atoms with Crippen molar-refractivity contribution >= 4 is 59.9 Å². The van der Waals surface area contributed by atoms with E-state index in [0.717, 1.165) is 64.2 Å². The molecular weight excluding hydrogens is 1020 g/mol. The monoisotopic (exact) mass is 1110 g/mol. The number of hydrogen-bond acceptors (Lipinski definition) is 13. The highest BCUT2D eigenvalue weighted by Gasteiger charge is 2.71. The van der Waals surface area contributed by atoms with Gasteiger partial charge in [-0.2, -0.15) is 0 Å². The number of nitrogens with zero attached hydrogens (tertiary/aromatic N) is 4. The van der Waals surface area contributed by atoms with Crippen LogP contribution in [0.5, 0.6) is 0 Å². The average Bonchev–Trinajstić information content (AvgIpc) is 3.84. The maximum atomic E-state index is 14.0. The lowest BCUT2D eigenvalue weighted by Crippen LogP contribution is -2.61. The number of amides is 5. The van der Waals surface area contributed by atoms with Gasteiger partial charge in [0.25, 0.3) is 11.8 Å². The Labute approximate surface area is 466 Å². The SMILES string of the molecule is COC(=O)[C@@H]1[C@@H]2[C@H](CN1C(=O)[C@@H](N)C(C)(C)C)C2(C)C.COC(=O)[C@@H]1[C@@H]2[C@H](CN1C(=O)[C@@H](NC(=O)[C@@H](NC(=O)c1ccccn1)C1CCCCC1)C(C)(C)C)C2(C)C.Cl.O=C(N[C@H](C(=O)O)C1CCCCC1)c1ccccn1. The maximum Gasteiger partial charge on any atom is 0.328 e. The van der Waals surface area contributed by atoms with Crippen molar-refractivity contribution in [2.45, 2.75) is 170 Å². The Hall–Kier alpha value is -5.69. The number of halogens is 1. The van der Waals surface area contributed by atoms with Gasteiger partial charge in [0.15, 0.2) is 0 Å². The van der Waals surface area contributed by atoms with Crippen LogP contribution in [0.1, 0.15) is 154 Å². The number of hydrogen-bond donors (Lipinski definition) is 5. The molecule has 8 rings (SSSR count). The number of carboxylic acid groups (broad SMARTS) is 1. The molecule has 6 N–H and O–H groups in total. The van der Waals surface area contributed by atoms with E-state index in [-0.39, 0.29) is 93.3 Å². The summed E-state index contributed by atoms with van der Waals surface area (Å²) in [4.78, 5) is 113. The van der Waals surface area contributed by atoms with Gasteiger partial charge in [0.05, 0.1) is 20.3 Å². The van der Waals surface area contributed by atoms with Gasteiger partial charge in [0.1, 0.15) is 41.6 Å². The van der Waals surface area contributed by atoms with Crippen molar-refractivity contribution in [1.82, 2.24) is 35.7 Å². The van der Waals surface area contributed by atoms with Crippen molar-refractivity contribution in [2.75, 3.05) is 27.3 Å². The number of carbonyl (C=O) groups is 8. The molecule has 10 atom stereocenters. The van der Waals surface area contributed by atoms with Gasteiger partial charge < -0.3 is 46.1 Å². The third-order valence-corrected chi connectivity index (χ3v) is 17.6. The summed E-state index contributed by atoms with van der Waals surface area (Å²) in [5, 5.41) is 17.8. The van der Waals surface area contributed by atoms with E-state index in [1.165, 1.54) is 20.4 Å². The minimum absolute atomic E-state index is 0. The first kappa shape index (κ1) is 63.1. The van der Waals surface area contributed by atoms with E-state index in [1.54, 1.807) is 52.4 Å². The highest BCUT2D eigenvalue weighted by Crippen LogP contribution is 2.66. The quantitative estimate of drug-likeness (QED) is 0.139. The fourth-order valence-electron chi connectivity index (χ4n) is 12.5. The summed E-state index contributed by atoms with van der Waals surface area (Å²) in [7, 11) is 2.72. The molecule has 2 aliphatic heterocycles. The standard InChI is InChI=1S/C29H42N4O5.C15H26N2O3.C14H18N2O3.ClH/c1-28(2,3)23(26(36)33-16-18-20(29(18,4)5)22(33)27(37)38-6)32-25(35)21(17-12-8-7-9-13-17)31-24(34)19-14-10-11-15-30-19;1-14(2,3)11(16)12(18)17-7-8-9(15(8,4)5)10(17)13(19)20-6;17-13(11-8-4-5-9-15-11)16-12(14(18)19)10-6-2-1-3-7-10;/h10-11,14-15,17-18,20-23H,7-9,12-13,16H2,1-6H3,(H,31,34)(H,32,35);8-11H,7,16H2,1-6H3;4-5,8-10,12H,1-3,6-7H2,(H,16,17)(H,18,19);1H/t18-,20-,21-,22-,23+;8-,9-,10-,11+;12-;/m000./s1. The molecule has 0 unspecified atom stereocenters. The molecule has 2 aromatic heterocycles. The van der Waals surface area contributed by atoms with Crippen LogP contribution in [-0.2, 0) is 38.2 Å². The predicted molar refractivity (Wildman–Crippen MR) is 294 cm³/mol. The molecule has 2 saturated heterocycles. The second-order valence-electron chi connectivity index (χ2n) is 25.4. The van der Waals surface area contributed by atoms with Gasteiger partial charge >= 0.3 is 17.9 Å². The van der Waals surface area contributed by atoms with Crippen molar-refractivity contribution in [3.63, 3.8) is 0 Å². The molecule has 5 amide bonds. The van der Waals surface area contributed by atoms with Crippen LogP contribution in [0, 0.1) is 57.2 Å². The summed E-state index contributed by atoms with van der Waals surface area (Å²) >= 11 is 0. The number of nitrogens with two attached hydrogens (primary N) is 1. The van der Waals surface area contributed by atoms with Crippen LogP contribution in [0.4, 0.5) is 0 Å². The first-order valence-corrected chi connectivity index (χ1v) is 27.6. The normalized spacial score (nSPS) is 25.3. The summed E-state index contributed by atoms with van der Waals surface area (Å²) in [5.41, 5.74) is 5.69. The molecule has 0 aromatic carbocycles. The molecular formula is C58H87ClN8O11. The highest BCUT2D eigenvalue weighted by molar-refractivity contribution is 5.98. The molecule has 6 fully saturated rings. The molecule has 2 aromatic rings. The zero-order valence-corrected chi connectivity index (χ0v) is 48.7. The van der Waals surface area contributed by atoms with Crippen molar-refractivity contribution in [2.24, 2.45) is 62.9 Å². The Morgan fingerprint density at radius 1 is 0.615 bits per heavy atom. The minimum Gasteiger partial charge on any atom is -0.480 e. The van der Waals surface area contributed by atoms with E-state index >= 15 is 0 Å². The zero-order valence-electron chi connectivity index (χ0n) is 47.8. The Bertz CT molecular complexity index is 2450. The van der Waals surface area contributed by atoms with E-state index in [1.807, 2.05) is 41.5 Å². The van der Waals surface area contributed by atoms with Crippen LogP contribution in [-0.4, -0.2) is 136 Å². The Kier molecular flexibility index (Phi) is 20.7.